The monoisotopic (exact) mass is 391 g/mol. The number of benzene rings is 1. The number of halogens is 1. The molecule has 7 nitrogen and oxygen atoms in total. The number of esters is 1. The first-order valence-electron chi connectivity index (χ1n) is 9.13. The minimum Gasteiger partial charge on any atom is -0.466 e. The number of hydrogen-bond acceptors (Lipinski definition) is 6. The SMILES string of the molecule is CCOC(=O)CCC(=O)N1CCCCC1c1nc(-c2ccc(Cl)cc2)no1. The third-order valence-electron chi connectivity index (χ3n) is 4.50. The number of piperidine rings is 1. The predicted octanol–water partition coefficient (Wildman–Crippen LogP) is 3.79. The fourth-order valence-corrected chi connectivity index (χ4v) is 3.29. The van der Waals surface area contributed by atoms with Crippen molar-refractivity contribution in [1.82, 2.24) is 15.0 Å². The van der Waals surface area contributed by atoms with Crippen LogP contribution in [0.4, 0.5) is 0 Å². The Kier molecular flexibility index (Phi) is 6.45. The largest absolute Gasteiger partial charge is 0.466 e. The van der Waals surface area contributed by atoms with Crippen molar-refractivity contribution in [2.24, 2.45) is 0 Å². The van der Waals surface area contributed by atoms with Gasteiger partial charge in [0.2, 0.25) is 17.6 Å². The number of ether oxygens (including phenoxy) is 1. The first-order chi connectivity index (χ1) is 13.1. The van der Waals surface area contributed by atoms with E-state index in [2.05, 4.69) is 10.1 Å². The second-order valence-electron chi connectivity index (χ2n) is 6.37. The van der Waals surface area contributed by atoms with Crippen LogP contribution in [-0.4, -0.2) is 40.1 Å². The normalized spacial score (nSPS) is 17.0. The van der Waals surface area contributed by atoms with Crippen LogP contribution in [0.25, 0.3) is 11.4 Å². The van der Waals surface area contributed by atoms with E-state index in [4.69, 9.17) is 20.9 Å². The van der Waals surface area contributed by atoms with Crippen molar-refractivity contribution in [2.45, 2.75) is 45.1 Å². The van der Waals surface area contributed by atoms with Crippen LogP contribution in [0.2, 0.25) is 5.02 Å². The lowest BCUT2D eigenvalue weighted by Crippen LogP contribution is -2.38. The van der Waals surface area contributed by atoms with E-state index in [0.29, 0.717) is 29.9 Å². The van der Waals surface area contributed by atoms with Gasteiger partial charge in [-0.05, 0) is 50.5 Å². The molecule has 0 bridgehead atoms. The Morgan fingerprint density at radius 1 is 1.26 bits per heavy atom. The summed E-state index contributed by atoms with van der Waals surface area (Å²) in [5, 5.41) is 4.67. The number of amides is 1. The van der Waals surface area contributed by atoms with E-state index in [-0.39, 0.29) is 30.8 Å². The first kappa shape index (κ1) is 19.4. The zero-order valence-electron chi connectivity index (χ0n) is 15.2. The summed E-state index contributed by atoms with van der Waals surface area (Å²) in [5.41, 5.74) is 0.797. The van der Waals surface area contributed by atoms with Crippen LogP contribution >= 0.6 is 11.6 Å². The lowest BCUT2D eigenvalue weighted by molar-refractivity contribution is -0.146. The lowest BCUT2D eigenvalue weighted by Gasteiger charge is -2.33. The second-order valence-corrected chi connectivity index (χ2v) is 6.80. The Labute approximate surface area is 162 Å². The van der Waals surface area contributed by atoms with Crippen molar-refractivity contribution in [3.8, 4) is 11.4 Å². The van der Waals surface area contributed by atoms with E-state index >= 15 is 0 Å². The van der Waals surface area contributed by atoms with Crippen molar-refractivity contribution < 1.29 is 18.8 Å². The number of likely N-dealkylation sites (tertiary alicyclic amines) is 1. The van der Waals surface area contributed by atoms with Gasteiger partial charge in [-0.15, -0.1) is 0 Å². The number of rotatable bonds is 6. The van der Waals surface area contributed by atoms with Crippen LogP contribution in [0.15, 0.2) is 28.8 Å². The molecule has 1 aliphatic rings. The maximum absolute atomic E-state index is 12.6. The highest BCUT2D eigenvalue weighted by atomic mass is 35.5. The lowest BCUT2D eigenvalue weighted by atomic mass is 10.0. The van der Waals surface area contributed by atoms with Crippen molar-refractivity contribution >= 4 is 23.5 Å². The van der Waals surface area contributed by atoms with E-state index in [9.17, 15) is 9.59 Å². The second kappa shape index (κ2) is 8.99. The molecule has 0 saturated carbocycles. The van der Waals surface area contributed by atoms with Crippen LogP contribution in [0.5, 0.6) is 0 Å². The van der Waals surface area contributed by atoms with Gasteiger partial charge in [0.1, 0.15) is 6.04 Å². The van der Waals surface area contributed by atoms with Gasteiger partial charge in [-0.3, -0.25) is 9.59 Å². The third-order valence-corrected chi connectivity index (χ3v) is 4.75. The van der Waals surface area contributed by atoms with Gasteiger partial charge in [0.25, 0.3) is 0 Å². The number of carbonyl (C=O) groups is 2. The molecule has 1 fully saturated rings. The molecule has 1 aliphatic heterocycles. The Bertz CT molecular complexity index is 791. The quantitative estimate of drug-likeness (QED) is 0.696. The van der Waals surface area contributed by atoms with E-state index in [1.807, 2.05) is 12.1 Å². The summed E-state index contributed by atoms with van der Waals surface area (Å²) in [6.45, 7) is 2.67. The molecular weight excluding hydrogens is 370 g/mol. The third kappa shape index (κ3) is 4.86. The summed E-state index contributed by atoms with van der Waals surface area (Å²) < 4.78 is 10.3. The Morgan fingerprint density at radius 2 is 2.04 bits per heavy atom. The topological polar surface area (TPSA) is 85.5 Å². The summed E-state index contributed by atoms with van der Waals surface area (Å²) in [6, 6.07) is 6.90. The molecule has 2 heterocycles. The molecule has 2 aromatic rings. The molecule has 1 unspecified atom stereocenters. The zero-order chi connectivity index (χ0) is 19.2. The highest BCUT2D eigenvalue weighted by Gasteiger charge is 2.32. The maximum atomic E-state index is 12.6. The number of hydrogen-bond donors (Lipinski definition) is 0. The van der Waals surface area contributed by atoms with Gasteiger partial charge in [-0.25, -0.2) is 0 Å². The Balaban J connectivity index is 1.71. The predicted molar refractivity (Wildman–Crippen MR) is 98.9 cm³/mol. The molecule has 0 spiro atoms. The molecule has 1 aromatic carbocycles. The highest BCUT2D eigenvalue weighted by Crippen LogP contribution is 2.32. The van der Waals surface area contributed by atoms with Gasteiger partial charge >= 0.3 is 5.97 Å². The summed E-state index contributed by atoms with van der Waals surface area (Å²) in [5.74, 6) is 0.427. The molecule has 0 aliphatic carbocycles. The van der Waals surface area contributed by atoms with E-state index < -0.39 is 0 Å². The van der Waals surface area contributed by atoms with Crippen LogP contribution in [0.3, 0.4) is 0 Å². The summed E-state index contributed by atoms with van der Waals surface area (Å²) in [6.07, 6.45) is 2.85. The van der Waals surface area contributed by atoms with Crippen LogP contribution in [0.1, 0.15) is 51.0 Å². The summed E-state index contributed by atoms with van der Waals surface area (Å²) >= 11 is 5.91. The van der Waals surface area contributed by atoms with Gasteiger partial charge in [0.15, 0.2) is 0 Å². The number of carbonyl (C=O) groups excluding carboxylic acids is 2. The van der Waals surface area contributed by atoms with Crippen molar-refractivity contribution in [2.75, 3.05) is 13.2 Å². The Morgan fingerprint density at radius 3 is 2.78 bits per heavy atom. The van der Waals surface area contributed by atoms with Gasteiger partial charge in [0.05, 0.1) is 13.0 Å². The van der Waals surface area contributed by atoms with Crippen molar-refractivity contribution in [1.29, 1.82) is 0 Å². The zero-order valence-corrected chi connectivity index (χ0v) is 15.9. The van der Waals surface area contributed by atoms with Gasteiger partial charge in [-0.2, -0.15) is 4.98 Å². The van der Waals surface area contributed by atoms with Crippen LogP contribution in [-0.2, 0) is 14.3 Å². The average molecular weight is 392 g/mol. The maximum Gasteiger partial charge on any atom is 0.306 e. The van der Waals surface area contributed by atoms with E-state index in [0.717, 1.165) is 24.8 Å². The summed E-state index contributed by atoms with van der Waals surface area (Å²) in [4.78, 5) is 30.4. The smallest absolute Gasteiger partial charge is 0.306 e. The molecule has 144 valence electrons. The van der Waals surface area contributed by atoms with Crippen LogP contribution in [0, 0.1) is 0 Å². The molecule has 0 radical (unpaired) electrons. The standard InChI is InChI=1S/C19H22ClN3O4/c1-2-26-17(25)11-10-16(24)23-12-4-3-5-15(23)19-21-18(22-27-19)13-6-8-14(20)9-7-13/h6-9,15H,2-5,10-12H2,1H3. The Hall–Kier alpha value is -2.41. The van der Waals surface area contributed by atoms with Crippen molar-refractivity contribution in [3.05, 3.63) is 35.2 Å². The fourth-order valence-electron chi connectivity index (χ4n) is 3.16. The summed E-state index contributed by atoms with van der Waals surface area (Å²) in [7, 11) is 0. The molecule has 8 heteroatoms. The first-order valence-corrected chi connectivity index (χ1v) is 9.51. The molecule has 1 saturated heterocycles. The highest BCUT2D eigenvalue weighted by molar-refractivity contribution is 6.30. The van der Waals surface area contributed by atoms with Crippen molar-refractivity contribution in [3.63, 3.8) is 0 Å². The van der Waals surface area contributed by atoms with Crippen LogP contribution < -0.4 is 0 Å². The molecular formula is C19H22ClN3O4. The molecule has 27 heavy (non-hydrogen) atoms. The molecule has 0 N–H and O–H groups in total. The average Bonchev–Trinajstić information content (AvgIpc) is 3.17. The van der Waals surface area contributed by atoms with E-state index in [1.54, 1.807) is 24.0 Å². The molecule has 1 atom stereocenters. The van der Waals surface area contributed by atoms with E-state index in [1.165, 1.54) is 0 Å². The minimum absolute atomic E-state index is 0.0791. The van der Waals surface area contributed by atoms with Gasteiger partial charge in [0, 0.05) is 23.6 Å². The molecule has 1 aromatic heterocycles. The molecule has 3 rings (SSSR count). The fraction of sp³-hybridized carbons (Fsp3) is 0.474. The number of aromatic nitrogens is 2. The molecule has 1 amide bonds. The number of nitrogens with zero attached hydrogens (tertiary/aromatic N) is 3. The minimum atomic E-state index is -0.359. The van der Waals surface area contributed by atoms with Gasteiger partial charge < -0.3 is 14.2 Å². The van der Waals surface area contributed by atoms with Gasteiger partial charge in [-0.1, -0.05) is 16.8 Å².